The van der Waals surface area contributed by atoms with Crippen molar-refractivity contribution in [2.24, 2.45) is 0 Å². The Balaban J connectivity index is 1.62. The Morgan fingerprint density at radius 2 is 2.00 bits per heavy atom. The van der Waals surface area contributed by atoms with Crippen LogP contribution in [0.25, 0.3) is 0 Å². The van der Waals surface area contributed by atoms with E-state index in [9.17, 15) is 4.79 Å². The second-order valence-corrected chi connectivity index (χ2v) is 6.89. The number of furan rings is 1. The Hall–Kier alpha value is -2.57. The molecular weight excluding hydrogens is 366 g/mol. The van der Waals surface area contributed by atoms with Crippen LogP contribution in [0.2, 0.25) is 5.02 Å². The zero-order chi connectivity index (χ0) is 19.2. The quantitative estimate of drug-likeness (QED) is 0.625. The Morgan fingerprint density at radius 3 is 2.70 bits per heavy atom. The average molecular weight is 388 g/mol. The standard InChI is InChI=1S/C20H22ClN3O3/c1-14(2)24(11-15-6-3-4-8-17(15)21)12-19-23-18(13-27-19)20(25)22-10-16-7-5-9-26-16/h3-9,13-14H,10-12H2,1-2H3,(H,22,25). The molecule has 0 saturated carbocycles. The molecular formula is C20H22ClN3O3. The SMILES string of the molecule is CC(C)N(Cc1nc(C(=O)NCc2ccco2)co1)Cc1ccccc1Cl. The number of benzene rings is 1. The van der Waals surface area contributed by atoms with E-state index in [-0.39, 0.29) is 17.6 Å². The van der Waals surface area contributed by atoms with Gasteiger partial charge in [0.05, 0.1) is 19.4 Å². The van der Waals surface area contributed by atoms with E-state index in [2.05, 4.69) is 29.0 Å². The van der Waals surface area contributed by atoms with Crippen LogP contribution < -0.4 is 5.32 Å². The summed E-state index contributed by atoms with van der Waals surface area (Å²) >= 11 is 6.27. The van der Waals surface area contributed by atoms with Gasteiger partial charge in [0.1, 0.15) is 12.0 Å². The highest BCUT2D eigenvalue weighted by Crippen LogP contribution is 2.20. The minimum Gasteiger partial charge on any atom is -0.467 e. The van der Waals surface area contributed by atoms with E-state index in [0.717, 1.165) is 10.6 Å². The highest BCUT2D eigenvalue weighted by atomic mass is 35.5. The van der Waals surface area contributed by atoms with Gasteiger partial charge in [0, 0.05) is 17.6 Å². The number of hydrogen-bond donors (Lipinski definition) is 1. The fraction of sp³-hybridized carbons (Fsp3) is 0.300. The molecule has 1 amide bonds. The van der Waals surface area contributed by atoms with E-state index < -0.39 is 0 Å². The fourth-order valence-corrected chi connectivity index (χ4v) is 2.79. The molecule has 27 heavy (non-hydrogen) atoms. The summed E-state index contributed by atoms with van der Waals surface area (Å²) in [7, 11) is 0. The van der Waals surface area contributed by atoms with E-state index >= 15 is 0 Å². The van der Waals surface area contributed by atoms with Gasteiger partial charge in [-0.2, -0.15) is 0 Å². The van der Waals surface area contributed by atoms with Gasteiger partial charge in [-0.25, -0.2) is 4.98 Å². The molecule has 0 atom stereocenters. The van der Waals surface area contributed by atoms with Gasteiger partial charge in [-0.3, -0.25) is 9.69 Å². The van der Waals surface area contributed by atoms with Crippen LogP contribution in [0.3, 0.4) is 0 Å². The summed E-state index contributed by atoms with van der Waals surface area (Å²) in [5.41, 5.74) is 1.29. The number of nitrogens with zero attached hydrogens (tertiary/aromatic N) is 2. The fourth-order valence-electron chi connectivity index (χ4n) is 2.60. The minimum atomic E-state index is -0.302. The van der Waals surface area contributed by atoms with Crippen molar-refractivity contribution in [3.63, 3.8) is 0 Å². The lowest BCUT2D eigenvalue weighted by Gasteiger charge is -2.25. The molecule has 2 aromatic heterocycles. The Kier molecular flexibility index (Phi) is 6.32. The first-order valence-corrected chi connectivity index (χ1v) is 9.13. The van der Waals surface area contributed by atoms with Gasteiger partial charge in [0.2, 0.25) is 5.89 Å². The molecule has 0 aliphatic heterocycles. The van der Waals surface area contributed by atoms with Gasteiger partial charge in [0.25, 0.3) is 5.91 Å². The smallest absolute Gasteiger partial charge is 0.273 e. The van der Waals surface area contributed by atoms with Gasteiger partial charge >= 0.3 is 0 Å². The Labute approximate surface area is 163 Å². The highest BCUT2D eigenvalue weighted by Gasteiger charge is 2.18. The predicted molar refractivity (Wildman–Crippen MR) is 102 cm³/mol. The predicted octanol–water partition coefficient (Wildman–Crippen LogP) is 4.26. The molecule has 0 aliphatic rings. The summed E-state index contributed by atoms with van der Waals surface area (Å²) in [6, 6.07) is 11.6. The minimum absolute atomic E-state index is 0.248. The molecule has 7 heteroatoms. The van der Waals surface area contributed by atoms with Crippen molar-refractivity contribution in [2.75, 3.05) is 0 Å². The summed E-state index contributed by atoms with van der Waals surface area (Å²) in [6.07, 6.45) is 2.94. The maximum absolute atomic E-state index is 12.2. The van der Waals surface area contributed by atoms with Crippen LogP contribution in [-0.2, 0) is 19.6 Å². The summed E-state index contributed by atoms with van der Waals surface area (Å²) in [5.74, 6) is 0.861. The topological polar surface area (TPSA) is 71.5 Å². The third-order valence-corrected chi connectivity index (χ3v) is 4.56. The second-order valence-electron chi connectivity index (χ2n) is 6.48. The lowest BCUT2D eigenvalue weighted by atomic mass is 10.2. The van der Waals surface area contributed by atoms with E-state index in [0.29, 0.717) is 31.3 Å². The number of amides is 1. The average Bonchev–Trinajstić information content (AvgIpc) is 3.32. The highest BCUT2D eigenvalue weighted by molar-refractivity contribution is 6.31. The molecule has 1 N–H and O–H groups in total. The zero-order valence-electron chi connectivity index (χ0n) is 15.3. The molecule has 3 rings (SSSR count). The number of carbonyl (C=O) groups excluding carboxylic acids is 1. The first-order valence-electron chi connectivity index (χ1n) is 8.75. The number of hydrogen-bond acceptors (Lipinski definition) is 5. The van der Waals surface area contributed by atoms with Gasteiger partial charge in [-0.05, 0) is 37.6 Å². The summed E-state index contributed by atoms with van der Waals surface area (Å²) in [6.45, 7) is 5.64. The molecule has 0 saturated heterocycles. The van der Waals surface area contributed by atoms with Gasteiger partial charge in [-0.15, -0.1) is 0 Å². The molecule has 0 spiro atoms. The van der Waals surface area contributed by atoms with Crippen LogP contribution in [0.1, 0.15) is 41.6 Å². The normalized spacial score (nSPS) is 11.3. The maximum atomic E-state index is 12.2. The molecule has 0 aliphatic carbocycles. The number of nitrogens with one attached hydrogen (secondary N) is 1. The van der Waals surface area contributed by atoms with Gasteiger partial charge in [-0.1, -0.05) is 29.8 Å². The number of rotatable bonds is 8. The summed E-state index contributed by atoms with van der Waals surface area (Å²) in [5, 5.41) is 3.48. The zero-order valence-corrected chi connectivity index (χ0v) is 16.1. The summed E-state index contributed by atoms with van der Waals surface area (Å²) < 4.78 is 10.7. The van der Waals surface area contributed by atoms with Crippen molar-refractivity contribution in [2.45, 2.75) is 39.5 Å². The molecule has 142 valence electrons. The number of aromatic nitrogens is 1. The molecule has 0 unspecified atom stereocenters. The van der Waals surface area contributed by atoms with Crippen LogP contribution in [0, 0.1) is 0 Å². The first kappa shape index (κ1) is 19.2. The second kappa shape index (κ2) is 8.88. The maximum Gasteiger partial charge on any atom is 0.273 e. The van der Waals surface area contributed by atoms with Crippen molar-refractivity contribution in [1.82, 2.24) is 15.2 Å². The molecule has 6 nitrogen and oxygen atoms in total. The van der Waals surface area contributed by atoms with Crippen molar-refractivity contribution in [3.8, 4) is 0 Å². The lowest BCUT2D eigenvalue weighted by Crippen LogP contribution is -2.30. The molecule has 0 bridgehead atoms. The summed E-state index contributed by atoms with van der Waals surface area (Å²) in [4.78, 5) is 18.7. The first-order chi connectivity index (χ1) is 13.0. The third kappa shape index (κ3) is 5.21. The molecule has 0 radical (unpaired) electrons. The van der Waals surface area contributed by atoms with E-state index in [1.807, 2.05) is 24.3 Å². The molecule has 2 heterocycles. The third-order valence-electron chi connectivity index (χ3n) is 4.19. The van der Waals surface area contributed by atoms with Gasteiger partial charge in [0.15, 0.2) is 5.69 Å². The monoisotopic (exact) mass is 387 g/mol. The Morgan fingerprint density at radius 1 is 1.19 bits per heavy atom. The van der Waals surface area contributed by atoms with Gasteiger partial charge < -0.3 is 14.2 Å². The van der Waals surface area contributed by atoms with Crippen molar-refractivity contribution in [1.29, 1.82) is 0 Å². The largest absolute Gasteiger partial charge is 0.467 e. The molecule has 3 aromatic rings. The van der Waals surface area contributed by atoms with E-state index in [4.69, 9.17) is 20.4 Å². The van der Waals surface area contributed by atoms with Crippen LogP contribution in [0.4, 0.5) is 0 Å². The van der Waals surface area contributed by atoms with Crippen LogP contribution >= 0.6 is 11.6 Å². The van der Waals surface area contributed by atoms with Crippen molar-refractivity contribution < 1.29 is 13.6 Å². The van der Waals surface area contributed by atoms with Crippen molar-refractivity contribution >= 4 is 17.5 Å². The number of carbonyl (C=O) groups is 1. The lowest BCUT2D eigenvalue weighted by molar-refractivity contribution is 0.0943. The number of oxazole rings is 1. The van der Waals surface area contributed by atoms with Crippen LogP contribution in [0.15, 0.2) is 57.8 Å². The molecule has 0 fully saturated rings. The van der Waals surface area contributed by atoms with Crippen molar-refractivity contribution in [3.05, 3.63) is 76.9 Å². The Bertz CT molecular complexity index is 874. The van der Waals surface area contributed by atoms with Crippen LogP contribution in [0.5, 0.6) is 0 Å². The van der Waals surface area contributed by atoms with E-state index in [1.54, 1.807) is 18.4 Å². The van der Waals surface area contributed by atoms with E-state index in [1.165, 1.54) is 6.26 Å². The van der Waals surface area contributed by atoms with Crippen LogP contribution in [-0.4, -0.2) is 21.8 Å². The number of halogens is 1. The molecule has 1 aromatic carbocycles.